The second kappa shape index (κ2) is 9.22. The van der Waals surface area contributed by atoms with Gasteiger partial charge in [0, 0.05) is 0 Å². The highest BCUT2D eigenvalue weighted by molar-refractivity contribution is 6.21. The van der Waals surface area contributed by atoms with Crippen molar-refractivity contribution in [2.24, 2.45) is 0 Å². The summed E-state index contributed by atoms with van der Waals surface area (Å²) in [6.45, 7) is 0. The third kappa shape index (κ3) is 3.61. The zero-order valence-electron chi connectivity index (χ0n) is 29.4. The Morgan fingerprint density at radius 3 is 1.55 bits per heavy atom. The van der Waals surface area contributed by atoms with Gasteiger partial charge in [0.1, 0.15) is 0 Å². The van der Waals surface area contributed by atoms with Gasteiger partial charge in [0.2, 0.25) is 0 Å². The van der Waals surface area contributed by atoms with E-state index in [0.29, 0.717) is 22.3 Å². The van der Waals surface area contributed by atoms with E-state index >= 15 is 0 Å². The van der Waals surface area contributed by atoms with Crippen molar-refractivity contribution in [2.75, 3.05) is 0 Å². The number of rotatable bonds is 3. The van der Waals surface area contributed by atoms with E-state index in [9.17, 15) is 0 Å². The number of hydrogen-bond donors (Lipinski definition) is 0. The highest BCUT2D eigenvalue weighted by Crippen LogP contribution is 2.44. The van der Waals surface area contributed by atoms with Crippen LogP contribution in [0.4, 0.5) is 0 Å². The molecule has 0 atom stereocenters. The minimum Gasteiger partial charge on any atom is -0.0622 e. The van der Waals surface area contributed by atoms with Gasteiger partial charge in [-0.25, -0.2) is 0 Å². The van der Waals surface area contributed by atoms with Gasteiger partial charge in [0.15, 0.2) is 0 Å². The lowest BCUT2D eigenvalue weighted by atomic mass is 9.85. The zero-order valence-corrected chi connectivity index (χ0v) is 21.4. The van der Waals surface area contributed by atoms with Gasteiger partial charge in [-0.15, -0.1) is 0 Å². The van der Waals surface area contributed by atoms with Crippen LogP contribution in [0.1, 0.15) is 11.0 Å². The molecule has 0 saturated carbocycles. The maximum absolute atomic E-state index is 9.14. The standard InChI is InChI=1S/C40H26/c1-2-12-28(13-3-1)39-35-16-6-8-18-37(35)40(38-19-9-7-17-36(38)39)32-24-22-29-25-31(23-21-30(29)26-32)34-20-10-14-27-11-4-5-15-33(27)34/h1-26H/i6D,7D,8D,9D,16D,17D,18D,19D. The minimum absolute atomic E-state index is 0.212. The molecule has 8 aromatic rings. The second-order valence-electron chi connectivity index (χ2n) is 9.92. The molecular formula is C40H26. The summed E-state index contributed by atoms with van der Waals surface area (Å²) in [6, 6.07) is 32.8. The van der Waals surface area contributed by atoms with Crippen molar-refractivity contribution in [2.45, 2.75) is 0 Å². The van der Waals surface area contributed by atoms with Gasteiger partial charge in [0.05, 0.1) is 11.0 Å². The molecule has 0 heteroatoms. The van der Waals surface area contributed by atoms with Gasteiger partial charge in [-0.05, 0) is 88.6 Å². The van der Waals surface area contributed by atoms with Gasteiger partial charge in [-0.2, -0.15) is 0 Å². The van der Waals surface area contributed by atoms with Gasteiger partial charge < -0.3 is 0 Å². The zero-order chi connectivity index (χ0) is 33.4. The van der Waals surface area contributed by atoms with Crippen molar-refractivity contribution >= 4 is 43.1 Å². The van der Waals surface area contributed by atoms with Crippen molar-refractivity contribution < 1.29 is 11.0 Å². The third-order valence-electron chi connectivity index (χ3n) is 7.67. The summed E-state index contributed by atoms with van der Waals surface area (Å²) < 4.78 is 70.9. The molecule has 0 heterocycles. The number of hydrogen-bond acceptors (Lipinski definition) is 0. The highest BCUT2D eigenvalue weighted by atomic mass is 14.2. The maximum Gasteiger partial charge on any atom is 0.0629 e. The molecule has 186 valence electrons. The summed E-state index contributed by atoms with van der Waals surface area (Å²) in [7, 11) is 0. The van der Waals surface area contributed by atoms with E-state index in [4.69, 9.17) is 11.0 Å². The molecule has 0 spiro atoms. The fourth-order valence-corrected chi connectivity index (χ4v) is 5.85. The first-order valence-electron chi connectivity index (χ1n) is 17.2. The van der Waals surface area contributed by atoms with Crippen LogP contribution in [0.2, 0.25) is 0 Å². The van der Waals surface area contributed by atoms with Crippen LogP contribution in [-0.2, 0) is 0 Å². The lowest BCUT2D eigenvalue weighted by Gasteiger charge is -2.18. The average Bonchev–Trinajstić information content (AvgIpc) is 3.13. The molecule has 0 aliphatic rings. The molecule has 0 fully saturated rings. The SMILES string of the molecule is [2H]c1c([2H])c([2H])c2c(-c3ccc4cc(-c5cccc6ccccc56)ccc4c3)c3c([2H])c([2H])c([2H])c([2H])c3c(-c3ccccc3)c2c1[2H]. The van der Waals surface area contributed by atoms with E-state index in [1.807, 2.05) is 48.5 Å². The first-order chi connectivity index (χ1) is 23.2. The van der Waals surface area contributed by atoms with E-state index in [1.54, 1.807) is 24.3 Å². The fourth-order valence-electron chi connectivity index (χ4n) is 5.85. The Hall–Kier alpha value is -5.20. The Bertz CT molecular complexity index is 2560. The average molecular weight is 515 g/mol. The fraction of sp³-hybridized carbons (Fsp3) is 0. The molecule has 0 aromatic heterocycles. The van der Waals surface area contributed by atoms with Gasteiger partial charge >= 0.3 is 0 Å². The van der Waals surface area contributed by atoms with Crippen molar-refractivity contribution in [3.05, 3.63) is 158 Å². The van der Waals surface area contributed by atoms with E-state index in [2.05, 4.69) is 36.4 Å². The summed E-state index contributed by atoms with van der Waals surface area (Å²) in [4.78, 5) is 0. The van der Waals surface area contributed by atoms with Crippen LogP contribution >= 0.6 is 0 Å². The molecule has 8 aromatic carbocycles. The van der Waals surface area contributed by atoms with Gasteiger partial charge in [-0.1, -0.05) is 145 Å². The van der Waals surface area contributed by atoms with Gasteiger partial charge in [-0.3, -0.25) is 0 Å². The predicted molar refractivity (Wildman–Crippen MR) is 173 cm³/mol. The largest absolute Gasteiger partial charge is 0.0629 e. The highest BCUT2D eigenvalue weighted by Gasteiger charge is 2.16. The Labute approximate surface area is 245 Å². The molecule has 0 nitrogen and oxygen atoms in total. The molecule has 0 saturated heterocycles. The quantitative estimate of drug-likeness (QED) is 0.206. The van der Waals surface area contributed by atoms with Crippen LogP contribution in [0.15, 0.2) is 158 Å². The molecule has 0 bridgehead atoms. The molecule has 0 aliphatic carbocycles. The van der Waals surface area contributed by atoms with Crippen molar-refractivity contribution in [1.82, 2.24) is 0 Å². The normalized spacial score (nSPS) is 14.3. The summed E-state index contributed by atoms with van der Waals surface area (Å²) in [5.41, 5.74) is 4.04. The molecule has 0 aliphatic heterocycles. The van der Waals surface area contributed by atoms with Crippen LogP contribution in [0, 0.1) is 0 Å². The molecular weight excluding hydrogens is 480 g/mol. The third-order valence-corrected chi connectivity index (χ3v) is 7.67. The Kier molecular flexibility index (Phi) is 3.70. The van der Waals surface area contributed by atoms with Crippen LogP contribution < -0.4 is 0 Å². The number of fused-ring (bicyclic) bond motifs is 4. The maximum atomic E-state index is 9.14. The summed E-state index contributed by atoms with van der Waals surface area (Å²) in [5, 5.41) is 4.99. The van der Waals surface area contributed by atoms with E-state index < -0.39 is 24.2 Å². The summed E-state index contributed by atoms with van der Waals surface area (Å²) >= 11 is 0. The topological polar surface area (TPSA) is 0 Å². The Morgan fingerprint density at radius 1 is 0.350 bits per heavy atom. The molecule has 8 rings (SSSR count). The first-order valence-corrected chi connectivity index (χ1v) is 13.2. The lowest BCUT2D eigenvalue weighted by Crippen LogP contribution is -1.91. The second-order valence-corrected chi connectivity index (χ2v) is 9.92. The van der Waals surface area contributed by atoms with Crippen molar-refractivity contribution in [1.29, 1.82) is 0 Å². The van der Waals surface area contributed by atoms with E-state index in [-0.39, 0.29) is 45.7 Å². The Balaban J connectivity index is 1.50. The van der Waals surface area contributed by atoms with Crippen LogP contribution in [-0.4, -0.2) is 0 Å². The summed E-state index contributed by atoms with van der Waals surface area (Å²) in [5.74, 6) is 0. The molecule has 0 radical (unpaired) electrons. The lowest BCUT2D eigenvalue weighted by molar-refractivity contribution is 1.66. The van der Waals surface area contributed by atoms with Gasteiger partial charge in [0.25, 0.3) is 0 Å². The van der Waals surface area contributed by atoms with E-state index in [0.717, 1.165) is 32.7 Å². The summed E-state index contributed by atoms with van der Waals surface area (Å²) in [6.07, 6.45) is 0. The first kappa shape index (κ1) is 16.0. The van der Waals surface area contributed by atoms with Crippen molar-refractivity contribution in [3.8, 4) is 33.4 Å². The van der Waals surface area contributed by atoms with Crippen LogP contribution in [0.5, 0.6) is 0 Å². The molecule has 0 amide bonds. The van der Waals surface area contributed by atoms with Crippen LogP contribution in [0.25, 0.3) is 76.5 Å². The predicted octanol–water partition coefficient (Wildman–Crippen LogP) is 11.3. The van der Waals surface area contributed by atoms with E-state index in [1.165, 1.54) is 0 Å². The smallest absolute Gasteiger partial charge is 0.0622 e. The minimum atomic E-state index is -0.409. The van der Waals surface area contributed by atoms with Crippen molar-refractivity contribution in [3.63, 3.8) is 0 Å². The molecule has 0 N–H and O–H groups in total. The van der Waals surface area contributed by atoms with Crippen LogP contribution in [0.3, 0.4) is 0 Å². The number of benzene rings is 8. The Morgan fingerprint density at radius 2 is 0.875 bits per heavy atom. The molecule has 0 unspecified atom stereocenters. The monoisotopic (exact) mass is 514 g/mol. The molecule has 40 heavy (non-hydrogen) atoms.